The van der Waals surface area contributed by atoms with Crippen molar-refractivity contribution in [3.8, 4) is 6.07 Å². The smallest absolute Gasteiger partial charge is 0.244 e. The van der Waals surface area contributed by atoms with Gasteiger partial charge in [-0.1, -0.05) is 11.6 Å². The van der Waals surface area contributed by atoms with Crippen molar-refractivity contribution in [2.45, 2.75) is 24.3 Å². The third-order valence-electron chi connectivity index (χ3n) is 3.43. The molecule has 0 saturated carbocycles. The van der Waals surface area contributed by atoms with Gasteiger partial charge in [0, 0.05) is 13.1 Å². The molecule has 6 nitrogen and oxygen atoms in total. The maximum Gasteiger partial charge on any atom is 0.244 e. The summed E-state index contributed by atoms with van der Waals surface area (Å²) in [7, 11) is -3.87. The average Bonchev–Trinajstić information content (AvgIpc) is 2.41. The number of nitrogens with one attached hydrogen (secondary N) is 1. The highest BCUT2D eigenvalue weighted by Gasteiger charge is 2.44. The number of rotatable bonds is 2. The van der Waals surface area contributed by atoms with E-state index in [4.69, 9.17) is 16.9 Å². The van der Waals surface area contributed by atoms with Crippen molar-refractivity contribution < 1.29 is 13.2 Å². The predicted molar refractivity (Wildman–Crippen MR) is 77.1 cm³/mol. The molecule has 0 aliphatic carbocycles. The summed E-state index contributed by atoms with van der Waals surface area (Å²) in [6, 6.07) is 5.78. The molecule has 0 atom stereocenters. The molecule has 2 rings (SSSR count). The molecular weight excluding hydrogens is 314 g/mol. The van der Waals surface area contributed by atoms with Crippen molar-refractivity contribution in [1.29, 1.82) is 5.26 Å². The molecule has 1 amide bonds. The SMILES string of the molecule is CC1(C)C(=O)NCCN1S(=O)(=O)c1ccc(C#N)c(Cl)c1. The summed E-state index contributed by atoms with van der Waals surface area (Å²) in [5, 5.41) is 11.5. The Hall–Kier alpha value is -1.62. The second-order valence-corrected chi connectivity index (χ2v) is 7.42. The quantitative estimate of drug-likeness (QED) is 0.881. The Bertz CT molecular complexity index is 738. The van der Waals surface area contributed by atoms with Crippen molar-refractivity contribution in [1.82, 2.24) is 9.62 Å². The van der Waals surface area contributed by atoms with Crippen molar-refractivity contribution in [2.75, 3.05) is 13.1 Å². The zero-order valence-electron chi connectivity index (χ0n) is 11.6. The summed E-state index contributed by atoms with van der Waals surface area (Å²) in [6.07, 6.45) is 0. The molecule has 8 heteroatoms. The molecule has 1 aromatic rings. The second-order valence-electron chi connectivity index (χ2n) is 5.15. The van der Waals surface area contributed by atoms with Crippen LogP contribution in [-0.4, -0.2) is 37.3 Å². The Morgan fingerprint density at radius 3 is 2.67 bits per heavy atom. The zero-order valence-corrected chi connectivity index (χ0v) is 13.1. The Labute approximate surface area is 128 Å². The molecule has 1 N–H and O–H groups in total. The molecule has 1 aliphatic rings. The van der Waals surface area contributed by atoms with E-state index in [1.54, 1.807) is 13.8 Å². The number of hydrogen-bond donors (Lipinski definition) is 1. The van der Waals surface area contributed by atoms with Crippen LogP contribution in [0.15, 0.2) is 23.1 Å². The van der Waals surface area contributed by atoms with Crippen LogP contribution in [-0.2, 0) is 14.8 Å². The molecule has 1 aromatic carbocycles. The van der Waals surface area contributed by atoms with Gasteiger partial charge in [0.15, 0.2) is 0 Å². The molecule has 21 heavy (non-hydrogen) atoms. The Kier molecular flexibility index (Phi) is 3.97. The molecule has 0 radical (unpaired) electrons. The number of halogens is 1. The van der Waals surface area contributed by atoms with Crippen molar-refractivity contribution in [3.63, 3.8) is 0 Å². The molecule has 1 fully saturated rings. The van der Waals surface area contributed by atoms with E-state index in [9.17, 15) is 13.2 Å². The fourth-order valence-electron chi connectivity index (χ4n) is 2.17. The van der Waals surface area contributed by atoms with Crippen LogP contribution in [0.1, 0.15) is 19.4 Å². The van der Waals surface area contributed by atoms with Gasteiger partial charge in [0.2, 0.25) is 15.9 Å². The molecule has 1 aliphatic heterocycles. The summed E-state index contributed by atoms with van der Waals surface area (Å²) in [5.74, 6) is -0.350. The summed E-state index contributed by atoms with van der Waals surface area (Å²) in [5.41, 5.74) is -0.983. The first-order valence-corrected chi connectivity index (χ1v) is 8.04. The third kappa shape index (κ3) is 2.62. The number of amides is 1. The number of sulfonamides is 1. The first-order chi connectivity index (χ1) is 9.71. The maximum absolute atomic E-state index is 12.7. The number of carbonyl (C=O) groups excluding carboxylic acids is 1. The van der Waals surface area contributed by atoms with Gasteiger partial charge in [0.1, 0.15) is 11.6 Å². The van der Waals surface area contributed by atoms with E-state index in [0.29, 0.717) is 0 Å². The van der Waals surface area contributed by atoms with E-state index in [1.165, 1.54) is 18.2 Å². The van der Waals surface area contributed by atoms with Gasteiger partial charge in [-0.15, -0.1) is 0 Å². The standard InChI is InChI=1S/C13H14ClN3O3S/c1-13(2)12(18)16-5-6-17(13)21(19,20)10-4-3-9(8-15)11(14)7-10/h3-4,7H,5-6H2,1-2H3,(H,16,18). The number of carbonyl (C=O) groups is 1. The van der Waals surface area contributed by atoms with Gasteiger partial charge in [0.05, 0.1) is 15.5 Å². The van der Waals surface area contributed by atoms with Crippen molar-refractivity contribution >= 4 is 27.5 Å². The lowest BCUT2D eigenvalue weighted by Crippen LogP contribution is -2.63. The van der Waals surface area contributed by atoms with Gasteiger partial charge in [-0.05, 0) is 32.0 Å². The first-order valence-electron chi connectivity index (χ1n) is 6.22. The minimum atomic E-state index is -3.87. The number of nitrogens with zero attached hydrogens (tertiary/aromatic N) is 2. The fraction of sp³-hybridized carbons (Fsp3) is 0.385. The van der Waals surface area contributed by atoms with Crippen molar-refractivity contribution in [3.05, 3.63) is 28.8 Å². The number of benzene rings is 1. The summed E-state index contributed by atoms with van der Waals surface area (Å²) < 4.78 is 26.6. The van der Waals surface area contributed by atoms with E-state index in [2.05, 4.69) is 5.32 Å². The second kappa shape index (κ2) is 5.30. The van der Waals surface area contributed by atoms with E-state index in [-0.39, 0.29) is 34.5 Å². The van der Waals surface area contributed by atoms with Gasteiger partial charge in [-0.2, -0.15) is 9.57 Å². The van der Waals surface area contributed by atoms with Crippen LogP contribution in [0.3, 0.4) is 0 Å². The Balaban J connectivity index is 2.49. The molecule has 0 unspecified atom stereocenters. The van der Waals surface area contributed by atoms with E-state index < -0.39 is 15.6 Å². The van der Waals surface area contributed by atoms with Gasteiger partial charge in [-0.3, -0.25) is 4.79 Å². The van der Waals surface area contributed by atoms with Crippen LogP contribution in [0.2, 0.25) is 5.02 Å². The Morgan fingerprint density at radius 1 is 1.43 bits per heavy atom. The Morgan fingerprint density at radius 2 is 2.10 bits per heavy atom. The lowest BCUT2D eigenvalue weighted by Gasteiger charge is -2.39. The van der Waals surface area contributed by atoms with Gasteiger partial charge in [-0.25, -0.2) is 8.42 Å². The molecular formula is C13H14ClN3O3S. The van der Waals surface area contributed by atoms with Gasteiger partial charge in [0.25, 0.3) is 0 Å². The van der Waals surface area contributed by atoms with Crippen LogP contribution in [0.5, 0.6) is 0 Å². The summed E-state index contributed by atoms with van der Waals surface area (Å²) in [6.45, 7) is 3.53. The minimum absolute atomic E-state index is 0.0331. The molecule has 112 valence electrons. The topological polar surface area (TPSA) is 90.3 Å². The molecule has 1 saturated heterocycles. The molecule has 0 bridgehead atoms. The monoisotopic (exact) mass is 327 g/mol. The number of nitriles is 1. The molecule has 0 spiro atoms. The summed E-state index contributed by atoms with van der Waals surface area (Å²) >= 11 is 5.89. The zero-order chi connectivity index (χ0) is 15.8. The third-order valence-corrected chi connectivity index (χ3v) is 5.81. The minimum Gasteiger partial charge on any atom is -0.353 e. The largest absolute Gasteiger partial charge is 0.353 e. The molecule has 1 heterocycles. The van der Waals surface area contributed by atoms with Crippen LogP contribution in [0.25, 0.3) is 0 Å². The number of hydrogen-bond acceptors (Lipinski definition) is 4. The van der Waals surface area contributed by atoms with Crippen LogP contribution in [0.4, 0.5) is 0 Å². The van der Waals surface area contributed by atoms with Crippen LogP contribution >= 0.6 is 11.6 Å². The van der Waals surface area contributed by atoms with Crippen LogP contribution in [0, 0.1) is 11.3 Å². The first kappa shape index (κ1) is 15.8. The van der Waals surface area contributed by atoms with E-state index in [1.807, 2.05) is 6.07 Å². The van der Waals surface area contributed by atoms with Crippen LogP contribution < -0.4 is 5.32 Å². The summed E-state index contributed by atoms with van der Waals surface area (Å²) in [4.78, 5) is 11.9. The average molecular weight is 328 g/mol. The highest BCUT2D eigenvalue weighted by Crippen LogP contribution is 2.28. The van der Waals surface area contributed by atoms with E-state index >= 15 is 0 Å². The van der Waals surface area contributed by atoms with E-state index in [0.717, 1.165) is 4.31 Å². The van der Waals surface area contributed by atoms with Crippen molar-refractivity contribution in [2.24, 2.45) is 0 Å². The normalized spacial score (nSPS) is 18.9. The van der Waals surface area contributed by atoms with Gasteiger partial charge < -0.3 is 5.32 Å². The highest BCUT2D eigenvalue weighted by molar-refractivity contribution is 7.89. The number of piperazine rings is 1. The highest BCUT2D eigenvalue weighted by atomic mass is 35.5. The lowest BCUT2D eigenvalue weighted by molar-refractivity contribution is -0.131. The predicted octanol–water partition coefficient (Wildman–Crippen LogP) is 1.11. The fourth-order valence-corrected chi connectivity index (χ4v) is 4.24. The van der Waals surface area contributed by atoms with Gasteiger partial charge >= 0.3 is 0 Å². The lowest BCUT2D eigenvalue weighted by atomic mass is 10.0. The molecule has 0 aromatic heterocycles. The maximum atomic E-state index is 12.7.